The minimum absolute atomic E-state index is 0.160. The maximum Gasteiger partial charge on any atom is 0.275 e. The molecule has 30 heavy (non-hydrogen) atoms. The molecule has 8 heteroatoms. The van der Waals surface area contributed by atoms with Crippen LogP contribution in [0, 0.1) is 0 Å². The van der Waals surface area contributed by atoms with E-state index in [-0.39, 0.29) is 24.1 Å². The third kappa shape index (κ3) is 3.81. The summed E-state index contributed by atoms with van der Waals surface area (Å²) in [5.74, 6) is 0.429. The highest BCUT2D eigenvalue weighted by molar-refractivity contribution is 5.81. The number of methoxy groups -OCH3 is 1. The average molecular weight is 405 g/mol. The van der Waals surface area contributed by atoms with Crippen molar-refractivity contribution in [3.05, 3.63) is 70.9 Å². The lowest BCUT2D eigenvalue weighted by atomic mass is 10.2. The van der Waals surface area contributed by atoms with Gasteiger partial charge in [0, 0.05) is 19.0 Å². The zero-order valence-corrected chi connectivity index (χ0v) is 16.9. The van der Waals surface area contributed by atoms with Gasteiger partial charge in [-0.15, -0.1) is 0 Å². The maximum atomic E-state index is 12.7. The van der Waals surface area contributed by atoms with E-state index in [2.05, 4.69) is 10.4 Å². The van der Waals surface area contributed by atoms with Crippen molar-refractivity contribution < 1.29 is 9.53 Å². The Morgan fingerprint density at radius 1 is 1.17 bits per heavy atom. The van der Waals surface area contributed by atoms with Gasteiger partial charge in [-0.05, 0) is 25.1 Å². The number of hydrogen-bond acceptors (Lipinski definition) is 5. The number of imidazole rings is 1. The normalized spacial score (nSPS) is 12.3. The van der Waals surface area contributed by atoms with Crippen molar-refractivity contribution in [2.45, 2.75) is 26.1 Å². The Balaban J connectivity index is 1.55. The Morgan fingerprint density at radius 3 is 2.77 bits per heavy atom. The van der Waals surface area contributed by atoms with Crippen LogP contribution in [0.5, 0.6) is 0 Å². The smallest absolute Gasteiger partial charge is 0.275 e. The minimum atomic E-state index is -0.349. The van der Waals surface area contributed by atoms with E-state index < -0.39 is 0 Å². The van der Waals surface area contributed by atoms with E-state index in [1.807, 2.05) is 47.9 Å². The van der Waals surface area contributed by atoms with Gasteiger partial charge in [0.05, 0.1) is 35.3 Å². The van der Waals surface area contributed by atoms with Crippen LogP contribution in [0.3, 0.4) is 0 Å². The molecule has 8 nitrogen and oxygen atoms in total. The van der Waals surface area contributed by atoms with E-state index >= 15 is 0 Å². The van der Waals surface area contributed by atoms with Crippen molar-refractivity contribution in [3.8, 4) is 0 Å². The Kier molecular flexibility index (Phi) is 5.58. The van der Waals surface area contributed by atoms with E-state index in [1.165, 1.54) is 4.68 Å². The molecule has 0 saturated heterocycles. The van der Waals surface area contributed by atoms with Gasteiger partial charge in [0.15, 0.2) is 0 Å². The highest BCUT2D eigenvalue weighted by Crippen LogP contribution is 2.20. The monoisotopic (exact) mass is 405 g/mol. The number of hydrogen-bond donors (Lipinski definition) is 1. The molecule has 0 aliphatic rings. The fourth-order valence-corrected chi connectivity index (χ4v) is 3.57. The number of para-hydroxylation sites is 2. The molecule has 0 fully saturated rings. The molecule has 2 aromatic heterocycles. The third-order valence-corrected chi connectivity index (χ3v) is 5.02. The van der Waals surface area contributed by atoms with Crippen LogP contribution in [0.25, 0.3) is 21.8 Å². The second-order valence-corrected chi connectivity index (χ2v) is 7.09. The second-order valence-electron chi connectivity index (χ2n) is 7.09. The molecule has 154 valence electrons. The molecular formula is C22H23N5O3. The Hall–Kier alpha value is -3.52. The van der Waals surface area contributed by atoms with Crippen LogP contribution in [0.2, 0.25) is 0 Å². The second kappa shape index (κ2) is 8.46. The Morgan fingerprint density at radius 2 is 1.93 bits per heavy atom. The van der Waals surface area contributed by atoms with Gasteiger partial charge in [0.2, 0.25) is 5.91 Å². The zero-order chi connectivity index (χ0) is 21.1. The van der Waals surface area contributed by atoms with Crippen molar-refractivity contribution >= 4 is 27.7 Å². The summed E-state index contributed by atoms with van der Waals surface area (Å²) in [6.07, 6.45) is 1.59. The van der Waals surface area contributed by atoms with Crippen molar-refractivity contribution in [1.29, 1.82) is 0 Å². The summed E-state index contributed by atoms with van der Waals surface area (Å²) in [5, 5.41) is 8.35. The fourth-order valence-electron chi connectivity index (χ4n) is 3.57. The number of carbonyl (C=O) groups is 1. The zero-order valence-electron chi connectivity index (χ0n) is 16.9. The summed E-state index contributed by atoms with van der Waals surface area (Å²) in [7, 11) is 1.65. The van der Waals surface area contributed by atoms with Crippen LogP contribution in [-0.2, 0) is 22.6 Å². The molecule has 0 radical (unpaired) electrons. The van der Waals surface area contributed by atoms with E-state index in [1.54, 1.807) is 25.4 Å². The lowest BCUT2D eigenvalue weighted by Gasteiger charge is -2.16. The molecule has 1 atom stereocenters. The predicted molar refractivity (Wildman–Crippen MR) is 114 cm³/mol. The first-order chi connectivity index (χ1) is 14.6. The molecule has 1 amide bonds. The number of aromatic nitrogens is 4. The molecular weight excluding hydrogens is 382 g/mol. The first-order valence-electron chi connectivity index (χ1n) is 9.77. The van der Waals surface area contributed by atoms with Crippen molar-refractivity contribution in [3.63, 3.8) is 0 Å². The largest absolute Gasteiger partial charge is 0.383 e. The number of benzene rings is 2. The Labute approximate surface area is 173 Å². The number of nitrogens with one attached hydrogen (secondary N) is 1. The molecule has 4 rings (SSSR count). The lowest BCUT2D eigenvalue weighted by molar-refractivity contribution is -0.122. The molecule has 0 aliphatic heterocycles. The predicted octanol–water partition coefficient (Wildman–Crippen LogP) is 2.27. The molecule has 4 aromatic rings. The summed E-state index contributed by atoms with van der Waals surface area (Å²) in [4.78, 5) is 29.9. The molecule has 0 unspecified atom stereocenters. The lowest BCUT2D eigenvalue weighted by Crippen LogP contribution is -2.35. The Bertz CT molecular complexity index is 1260. The number of rotatable bonds is 7. The van der Waals surface area contributed by atoms with E-state index in [4.69, 9.17) is 9.72 Å². The molecule has 1 N–H and O–H groups in total. The number of fused-ring (bicyclic) bond motifs is 2. The SMILES string of the molecule is COCCn1c([C@H](C)NC(=O)Cn2ncc3ccccc3c2=O)nc2ccccc21. The molecule has 2 heterocycles. The van der Waals surface area contributed by atoms with Crippen LogP contribution in [0.15, 0.2) is 59.5 Å². The number of nitrogens with zero attached hydrogens (tertiary/aromatic N) is 4. The highest BCUT2D eigenvalue weighted by Gasteiger charge is 2.19. The van der Waals surface area contributed by atoms with Gasteiger partial charge in [0.25, 0.3) is 5.56 Å². The molecule has 0 bridgehead atoms. The number of carbonyl (C=O) groups excluding carboxylic acids is 1. The number of amides is 1. The van der Waals surface area contributed by atoms with Crippen LogP contribution < -0.4 is 10.9 Å². The molecule has 2 aromatic carbocycles. The first kappa shape index (κ1) is 19.8. The summed E-state index contributed by atoms with van der Waals surface area (Å²) in [6, 6.07) is 14.7. The van der Waals surface area contributed by atoms with Crippen molar-refractivity contribution in [1.82, 2.24) is 24.6 Å². The van der Waals surface area contributed by atoms with Gasteiger partial charge < -0.3 is 14.6 Å². The van der Waals surface area contributed by atoms with Gasteiger partial charge in [-0.25, -0.2) is 9.67 Å². The van der Waals surface area contributed by atoms with E-state index in [0.717, 1.165) is 22.2 Å². The summed E-state index contributed by atoms with van der Waals surface area (Å²) in [6.45, 7) is 2.87. The topological polar surface area (TPSA) is 91.0 Å². The van der Waals surface area contributed by atoms with Gasteiger partial charge in [0.1, 0.15) is 12.4 Å². The third-order valence-electron chi connectivity index (χ3n) is 5.02. The van der Waals surface area contributed by atoms with Gasteiger partial charge >= 0.3 is 0 Å². The fraction of sp³-hybridized carbons (Fsp3) is 0.273. The van der Waals surface area contributed by atoms with Gasteiger partial charge in [-0.3, -0.25) is 9.59 Å². The van der Waals surface area contributed by atoms with Gasteiger partial charge in [-0.1, -0.05) is 30.3 Å². The molecule has 0 spiro atoms. The van der Waals surface area contributed by atoms with E-state index in [0.29, 0.717) is 18.5 Å². The number of ether oxygens (including phenoxy) is 1. The van der Waals surface area contributed by atoms with Crippen molar-refractivity contribution in [2.75, 3.05) is 13.7 Å². The van der Waals surface area contributed by atoms with Crippen LogP contribution >= 0.6 is 0 Å². The molecule has 0 aliphatic carbocycles. The van der Waals surface area contributed by atoms with Gasteiger partial charge in [-0.2, -0.15) is 5.10 Å². The molecule has 0 saturated carbocycles. The summed E-state index contributed by atoms with van der Waals surface area (Å²) < 4.78 is 8.45. The minimum Gasteiger partial charge on any atom is -0.383 e. The standard InChI is InChI=1S/C22H23N5O3/c1-15(21-25-18-9-5-6-10-19(18)26(21)11-12-30-2)24-20(28)14-27-22(29)17-8-4-3-7-16(17)13-23-27/h3-10,13,15H,11-12,14H2,1-2H3,(H,24,28)/t15-/m0/s1. The first-order valence-corrected chi connectivity index (χ1v) is 9.77. The van der Waals surface area contributed by atoms with Crippen molar-refractivity contribution in [2.24, 2.45) is 0 Å². The van der Waals surface area contributed by atoms with Crippen LogP contribution in [0.1, 0.15) is 18.8 Å². The highest BCUT2D eigenvalue weighted by atomic mass is 16.5. The summed E-state index contributed by atoms with van der Waals surface area (Å²) in [5.41, 5.74) is 1.55. The average Bonchev–Trinajstić information content (AvgIpc) is 3.13. The summed E-state index contributed by atoms with van der Waals surface area (Å²) >= 11 is 0. The quantitative estimate of drug-likeness (QED) is 0.509. The van der Waals surface area contributed by atoms with Crippen LogP contribution in [0.4, 0.5) is 0 Å². The maximum absolute atomic E-state index is 12.7. The van der Waals surface area contributed by atoms with E-state index in [9.17, 15) is 9.59 Å². The van der Waals surface area contributed by atoms with Crippen LogP contribution in [-0.4, -0.2) is 39.0 Å².